The Kier molecular flexibility index (Phi) is 2.99. The van der Waals surface area contributed by atoms with Gasteiger partial charge in [-0.05, 0) is 56.1 Å². The fourth-order valence-corrected chi connectivity index (χ4v) is 4.76. The maximum absolute atomic E-state index is 6.12. The molecule has 2 aromatic heterocycles. The number of nitrogens with zero attached hydrogens (tertiary/aromatic N) is 3. The molecule has 0 aliphatic heterocycles. The molecule has 3 nitrogen and oxygen atoms in total. The third-order valence-corrected chi connectivity index (χ3v) is 5.70. The first kappa shape index (κ1) is 12.6. The Balaban J connectivity index is 1.77. The van der Waals surface area contributed by atoms with Gasteiger partial charge in [-0.15, -0.1) is 11.6 Å². The molecule has 2 heterocycles. The molecule has 0 spiro atoms. The summed E-state index contributed by atoms with van der Waals surface area (Å²) in [5.74, 6) is 4.07. The van der Waals surface area contributed by atoms with Crippen molar-refractivity contribution in [2.75, 3.05) is 0 Å². The van der Waals surface area contributed by atoms with Crippen molar-refractivity contribution < 1.29 is 0 Å². The van der Waals surface area contributed by atoms with E-state index in [0.717, 1.165) is 34.7 Å². The molecule has 4 heteroatoms. The van der Waals surface area contributed by atoms with Gasteiger partial charge in [0.15, 0.2) is 5.65 Å². The molecule has 0 N–H and O–H groups in total. The normalized spacial score (nSPS) is 30.2. The number of alkyl halides is 1. The molecule has 0 radical (unpaired) electrons. The van der Waals surface area contributed by atoms with E-state index in [1.54, 1.807) is 0 Å². The molecule has 2 aliphatic carbocycles. The second-order valence-corrected chi connectivity index (χ2v) is 6.72. The lowest BCUT2D eigenvalue weighted by Crippen LogP contribution is -2.23. The molecule has 20 heavy (non-hydrogen) atoms. The van der Waals surface area contributed by atoms with Gasteiger partial charge in [-0.25, -0.2) is 9.97 Å². The maximum Gasteiger partial charge on any atom is 0.160 e. The second kappa shape index (κ2) is 4.73. The fourth-order valence-electron chi connectivity index (χ4n) is 4.57. The zero-order valence-corrected chi connectivity index (χ0v) is 12.6. The average molecular weight is 290 g/mol. The highest BCUT2D eigenvalue weighted by atomic mass is 35.5. The van der Waals surface area contributed by atoms with E-state index in [4.69, 9.17) is 11.6 Å². The van der Waals surface area contributed by atoms with Gasteiger partial charge in [0, 0.05) is 12.2 Å². The highest BCUT2D eigenvalue weighted by molar-refractivity contribution is 6.16. The largest absolute Gasteiger partial charge is 0.309 e. The van der Waals surface area contributed by atoms with Gasteiger partial charge in [-0.2, -0.15) is 0 Å². The van der Waals surface area contributed by atoms with Crippen LogP contribution in [0.25, 0.3) is 11.2 Å². The first-order valence-electron chi connectivity index (χ1n) is 7.65. The van der Waals surface area contributed by atoms with Crippen LogP contribution in [0.1, 0.15) is 44.5 Å². The number of fused-ring (bicyclic) bond motifs is 3. The molecule has 0 saturated heterocycles. The predicted molar refractivity (Wildman–Crippen MR) is 80.7 cm³/mol. The molecule has 106 valence electrons. The van der Waals surface area contributed by atoms with Gasteiger partial charge in [-0.3, -0.25) is 0 Å². The van der Waals surface area contributed by atoms with Crippen molar-refractivity contribution in [1.82, 2.24) is 14.5 Å². The van der Waals surface area contributed by atoms with E-state index in [-0.39, 0.29) is 0 Å². The molecule has 2 aromatic rings. The number of aromatic nitrogens is 3. The molecule has 0 amide bonds. The third-order valence-electron chi connectivity index (χ3n) is 5.46. The first-order chi connectivity index (χ1) is 9.78. The monoisotopic (exact) mass is 289 g/mol. The SMILES string of the molecule is CC(C1CC2CCC1C2)n1c(CCl)nc2cccnc21. The Hall–Kier alpha value is -1.09. The fraction of sp³-hybridized carbons (Fsp3) is 0.625. The second-order valence-electron chi connectivity index (χ2n) is 6.46. The number of pyridine rings is 1. The highest BCUT2D eigenvalue weighted by Gasteiger charge is 2.42. The lowest BCUT2D eigenvalue weighted by Gasteiger charge is -2.29. The van der Waals surface area contributed by atoms with Crippen LogP contribution in [-0.2, 0) is 5.88 Å². The summed E-state index contributed by atoms with van der Waals surface area (Å²) in [5, 5.41) is 0. The number of hydrogen-bond acceptors (Lipinski definition) is 2. The van der Waals surface area contributed by atoms with Gasteiger partial charge in [0.05, 0.1) is 5.88 Å². The van der Waals surface area contributed by atoms with Gasteiger partial charge < -0.3 is 4.57 Å². The summed E-state index contributed by atoms with van der Waals surface area (Å²) in [6, 6.07) is 4.43. The standard InChI is InChI=1S/C16H20ClN3/c1-10(13-8-11-4-5-12(13)7-11)20-15(9-17)19-14-3-2-6-18-16(14)20/h2-3,6,10-13H,4-5,7-9H2,1H3. The molecule has 0 aromatic carbocycles. The quantitative estimate of drug-likeness (QED) is 0.794. The molecule has 4 unspecified atom stereocenters. The Bertz CT molecular complexity index is 636. The minimum atomic E-state index is 0.457. The minimum absolute atomic E-state index is 0.457. The van der Waals surface area contributed by atoms with E-state index in [0.29, 0.717) is 11.9 Å². The van der Waals surface area contributed by atoms with Crippen LogP contribution in [0, 0.1) is 17.8 Å². The van der Waals surface area contributed by atoms with Crippen LogP contribution in [0.5, 0.6) is 0 Å². The van der Waals surface area contributed by atoms with Crippen LogP contribution < -0.4 is 0 Å². The highest BCUT2D eigenvalue weighted by Crippen LogP contribution is 2.52. The summed E-state index contributed by atoms with van der Waals surface area (Å²) < 4.78 is 2.30. The van der Waals surface area contributed by atoms with Crippen molar-refractivity contribution in [3.8, 4) is 0 Å². The first-order valence-corrected chi connectivity index (χ1v) is 8.19. The van der Waals surface area contributed by atoms with E-state index in [1.165, 1.54) is 25.7 Å². The zero-order valence-electron chi connectivity index (χ0n) is 11.8. The third kappa shape index (κ3) is 1.79. The van der Waals surface area contributed by atoms with E-state index < -0.39 is 0 Å². The van der Waals surface area contributed by atoms with Crippen LogP contribution in [0.15, 0.2) is 18.3 Å². The molecule has 4 atom stereocenters. The molecular formula is C16H20ClN3. The van der Waals surface area contributed by atoms with Crippen LogP contribution in [-0.4, -0.2) is 14.5 Å². The molecule has 2 saturated carbocycles. The van der Waals surface area contributed by atoms with Crippen LogP contribution in [0.3, 0.4) is 0 Å². The Labute approximate surface area is 124 Å². The lowest BCUT2D eigenvalue weighted by atomic mass is 9.84. The van der Waals surface area contributed by atoms with Gasteiger partial charge in [0.25, 0.3) is 0 Å². The summed E-state index contributed by atoms with van der Waals surface area (Å²) in [6.45, 7) is 2.33. The van der Waals surface area contributed by atoms with Crippen molar-refractivity contribution in [3.63, 3.8) is 0 Å². The number of halogens is 1. The number of hydrogen-bond donors (Lipinski definition) is 0. The summed E-state index contributed by atoms with van der Waals surface area (Å²) in [5.41, 5.74) is 1.97. The van der Waals surface area contributed by atoms with Crippen molar-refractivity contribution in [2.45, 2.75) is 44.5 Å². The number of rotatable bonds is 3. The average Bonchev–Trinajstić information content (AvgIpc) is 3.18. The van der Waals surface area contributed by atoms with Crippen molar-refractivity contribution in [1.29, 1.82) is 0 Å². The predicted octanol–water partition coefficient (Wildman–Crippen LogP) is 4.17. The Morgan fingerprint density at radius 2 is 2.30 bits per heavy atom. The zero-order chi connectivity index (χ0) is 13.7. The van der Waals surface area contributed by atoms with Gasteiger partial charge in [0.2, 0.25) is 0 Å². The van der Waals surface area contributed by atoms with Crippen LogP contribution >= 0.6 is 11.6 Å². The van der Waals surface area contributed by atoms with E-state index in [9.17, 15) is 0 Å². The van der Waals surface area contributed by atoms with Crippen LogP contribution in [0.2, 0.25) is 0 Å². The summed E-state index contributed by atoms with van der Waals surface area (Å²) in [7, 11) is 0. The molecular weight excluding hydrogens is 270 g/mol. The van der Waals surface area contributed by atoms with E-state index in [1.807, 2.05) is 18.3 Å². The number of imidazole rings is 1. The molecule has 2 fully saturated rings. The summed E-state index contributed by atoms with van der Waals surface area (Å²) in [6.07, 6.45) is 7.52. The van der Waals surface area contributed by atoms with Gasteiger partial charge in [0.1, 0.15) is 11.3 Å². The molecule has 2 aliphatic rings. The minimum Gasteiger partial charge on any atom is -0.309 e. The van der Waals surface area contributed by atoms with Crippen molar-refractivity contribution >= 4 is 22.8 Å². The Morgan fingerprint density at radius 3 is 3.00 bits per heavy atom. The lowest BCUT2D eigenvalue weighted by molar-refractivity contribution is 0.243. The van der Waals surface area contributed by atoms with Crippen molar-refractivity contribution in [3.05, 3.63) is 24.2 Å². The Morgan fingerprint density at radius 1 is 1.40 bits per heavy atom. The van der Waals surface area contributed by atoms with Crippen molar-refractivity contribution in [2.24, 2.45) is 17.8 Å². The van der Waals surface area contributed by atoms with E-state index in [2.05, 4.69) is 21.5 Å². The smallest absolute Gasteiger partial charge is 0.160 e. The van der Waals surface area contributed by atoms with Crippen LogP contribution in [0.4, 0.5) is 0 Å². The molecule has 4 rings (SSSR count). The topological polar surface area (TPSA) is 30.7 Å². The van der Waals surface area contributed by atoms with Gasteiger partial charge >= 0.3 is 0 Å². The van der Waals surface area contributed by atoms with E-state index >= 15 is 0 Å². The maximum atomic E-state index is 6.12. The summed E-state index contributed by atoms with van der Waals surface area (Å²) >= 11 is 6.12. The van der Waals surface area contributed by atoms with Gasteiger partial charge in [-0.1, -0.05) is 6.42 Å². The molecule has 2 bridgehead atoms. The summed E-state index contributed by atoms with van der Waals surface area (Å²) in [4.78, 5) is 9.20.